The number of carbonyl (C=O) groups is 2. The van der Waals surface area contributed by atoms with Gasteiger partial charge < -0.3 is 20.4 Å². The molecule has 1 saturated heterocycles. The molecule has 1 unspecified atom stereocenters. The van der Waals surface area contributed by atoms with E-state index in [4.69, 9.17) is 0 Å². The SMILES string of the molecule is C[NH+](CC(=O)Nc1ccc(C[NH+]2CCCC2)cc1)CC(=O)Nc1cccc(F)c1. The lowest BCUT2D eigenvalue weighted by atomic mass is 10.2. The molecule has 2 aromatic rings. The van der Waals surface area contributed by atoms with E-state index in [1.807, 2.05) is 12.1 Å². The second kappa shape index (κ2) is 10.1. The van der Waals surface area contributed by atoms with Crippen molar-refractivity contribution in [1.82, 2.24) is 0 Å². The zero-order valence-electron chi connectivity index (χ0n) is 16.8. The van der Waals surface area contributed by atoms with Gasteiger partial charge in [-0.2, -0.15) is 0 Å². The van der Waals surface area contributed by atoms with Crippen molar-refractivity contribution in [2.24, 2.45) is 0 Å². The summed E-state index contributed by atoms with van der Waals surface area (Å²) in [4.78, 5) is 26.7. The zero-order chi connectivity index (χ0) is 20.6. The second-order valence-electron chi connectivity index (χ2n) is 7.75. The highest BCUT2D eigenvalue weighted by Crippen LogP contribution is 2.09. The largest absolute Gasteiger partial charge is 0.331 e. The van der Waals surface area contributed by atoms with Crippen LogP contribution in [-0.2, 0) is 16.1 Å². The minimum atomic E-state index is -0.407. The molecule has 1 aliphatic rings. The Hall–Kier alpha value is -2.77. The van der Waals surface area contributed by atoms with E-state index in [0.29, 0.717) is 5.69 Å². The molecule has 4 N–H and O–H groups in total. The molecule has 2 aromatic carbocycles. The lowest BCUT2D eigenvalue weighted by Crippen LogP contribution is -3.11. The molecular weight excluding hydrogens is 371 g/mol. The van der Waals surface area contributed by atoms with E-state index in [1.165, 1.54) is 49.7 Å². The number of hydrogen-bond acceptors (Lipinski definition) is 2. The predicted octanol–water partition coefficient (Wildman–Crippen LogP) is 0.0963. The minimum absolute atomic E-state index is 0.113. The Bertz CT molecular complexity index is 835. The van der Waals surface area contributed by atoms with Gasteiger partial charge >= 0.3 is 0 Å². The third kappa shape index (κ3) is 6.96. The van der Waals surface area contributed by atoms with Crippen LogP contribution in [0.3, 0.4) is 0 Å². The molecule has 0 saturated carbocycles. The first kappa shape index (κ1) is 21.0. The molecule has 0 radical (unpaired) electrons. The minimum Gasteiger partial charge on any atom is -0.331 e. The van der Waals surface area contributed by atoms with E-state index in [2.05, 4.69) is 22.8 Å². The monoisotopic (exact) mass is 400 g/mol. The highest BCUT2D eigenvalue weighted by molar-refractivity contribution is 5.93. The predicted molar refractivity (Wildman–Crippen MR) is 110 cm³/mol. The number of carbonyl (C=O) groups excluding carboxylic acids is 2. The Balaban J connectivity index is 1.41. The smallest absolute Gasteiger partial charge is 0.279 e. The third-order valence-electron chi connectivity index (χ3n) is 5.04. The van der Waals surface area contributed by atoms with Crippen LogP contribution in [0, 0.1) is 5.82 Å². The molecule has 0 spiro atoms. The first-order valence-electron chi connectivity index (χ1n) is 10.1. The Morgan fingerprint density at radius 2 is 1.59 bits per heavy atom. The van der Waals surface area contributed by atoms with Crippen molar-refractivity contribution in [1.29, 1.82) is 0 Å². The Labute approximate surface area is 170 Å². The molecule has 154 valence electrons. The van der Waals surface area contributed by atoms with Crippen molar-refractivity contribution in [3.63, 3.8) is 0 Å². The van der Waals surface area contributed by atoms with Crippen molar-refractivity contribution < 1.29 is 23.8 Å². The van der Waals surface area contributed by atoms with Crippen LogP contribution in [-0.4, -0.2) is 45.0 Å². The number of amides is 2. The molecule has 1 fully saturated rings. The number of halogens is 1. The first-order chi connectivity index (χ1) is 14.0. The Morgan fingerprint density at radius 1 is 0.966 bits per heavy atom. The maximum absolute atomic E-state index is 13.2. The maximum atomic E-state index is 13.2. The quantitative estimate of drug-likeness (QED) is 0.508. The number of anilines is 2. The van der Waals surface area contributed by atoms with E-state index in [-0.39, 0.29) is 24.9 Å². The topological polar surface area (TPSA) is 67.1 Å². The highest BCUT2D eigenvalue weighted by Gasteiger charge is 2.16. The number of rotatable bonds is 8. The average molecular weight is 400 g/mol. The van der Waals surface area contributed by atoms with Gasteiger partial charge in [-0.15, -0.1) is 0 Å². The van der Waals surface area contributed by atoms with Gasteiger partial charge in [0, 0.05) is 29.8 Å². The normalized spacial score (nSPS) is 15.1. The summed E-state index contributed by atoms with van der Waals surface area (Å²) in [5.74, 6) is -0.829. The van der Waals surface area contributed by atoms with Crippen molar-refractivity contribution >= 4 is 23.2 Å². The zero-order valence-corrected chi connectivity index (χ0v) is 16.8. The highest BCUT2D eigenvalue weighted by atomic mass is 19.1. The van der Waals surface area contributed by atoms with Gasteiger partial charge in [-0.1, -0.05) is 18.2 Å². The van der Waals surface area contributed by atoms with E-state index in [0.717, 1.165) is 17.1 Å². The van der Waals surface area contributed by atoms with Gasteiger partial charge in [0.05, 0.1) is 20.1 Å². The van der Waals surface area contributed by atoms with Gasteiger partial charge in [0.15, 0.2) is 13.1 Å². The van der Waals surface area contributed by atoms with Gasteiger partial charge in [0.2, 0.25) is 0 Å². The van der Waals surface area contributed by atoms with Crippen molar-refractivity contribution in [2.75, 3.05) is 43.9 Å². The summed E-state index contributed by atoms with van der Waals surface area (Å²) in [6, 6.07) is 13.7. The molecule has 0 aromatic heterocycles. The van der Waals surface area contributed by atoms with Gasteiger partial charge in [-0.3, -0.25) is 9.59 Å². The fourth-order valence-electron chi connectivity index (χ4n) is 3.63. The van der Waals surface area contributed by atoms with Crippen LogP contribution in [0.2, 0.25) is 0 Å². The molecule has 1 atom stereocenters. The van der Waals surface area contributed by atoms with Crippen LogP contribution in [0.1, 0.15) is 18.4 Å². The second-order valence-corrected chi connectivity index (χ2v) is 7.75. The molecule has 7 heteroatoms. The molecule has 0 aliphatic carbocycles. The van der Waals surface area contributed by atoms with Crippen molar-refractivity contribution in [3.05, 3.63) is 59.9 Å². The molecule has 2 amide bonds. The summed E-state index contributed by atoms with van der Waals surface area (Å²) in [5, 5.41) is 5.52. The number of quaternary nitrogens is 2. The Morgan fingerprint density at radius 3 is 2.21 bits per heavy atom. The van der Waals surface area contributed by atoms with E-state index in [9.17, 15) is 14.0 Å². The van der Waals surface area contributed by atoms with Crippen LogP contribution < -0.4 is 20.4 Å². The molecule has 29 heavy (non-hydrogen) atoms. The summed E-state index contributed by atoms with van der Waals surface area (Å²) in [5.41, 5.74) is 2.44. The molecule has 1 heterocycles. The van der Waals surface area contributed by atoms with Gasteiger partial charge in [0.25, 0.3) is 11.8 Å². The van der Waals surface area contributed by atoms with Crippen molar-refractivity contribution in [2.45, 2.75) is 19.4 Å². The van der Waals surface area contributed by atoms with E-state index in [1.54, 1.807) is 18.0 Å². The maximum Gasteiger partial charge on any atom is 0.279 e. The van der Waals surface area contributed by atoms with Crippen LogP contribution in [0.5, 0.6) is 0 Å². The van der Waals surface area contributed by atoms with Gasteiger partial charge in [0.1, 0.15) is 12.4 Å². The van der Waals surface area contributed by atoms with Gasteiger partial charge in [-0.05, 0) is 30.3 Å². The van der Waals surface area contributed by atoms with E-state index >= 15 is 0 Å². The fraction of sp³-hybridized carbons (Fsp3) is 0.364. The third-order valence-corrected chi connectivity index (χ3v) is 5.04. The summed E-state index contributed by atoms with van der Waals surface area (Å²) < 4.78 is 13.2. The fourth-order valence-corrected chi connectivity index (χ4v) is 3.63. The van der Waals surface area contributed by atoms with Crippen LogP contribution in [0.15, 0.2) is 48.5 Å². The molecular formula is C22H29FN4O2+2. The number of benzene rings is 2. The first-order valence-corrected chi connectivity index (χ1v) is 10.1. The van der Waals surface area contributed by atoms with E-state index < -0.39 is 5.82 Å². The number of hydrogen-bond donors (Lipinski definition) is 4. The summed E-state index contributed by atoms with van der Waals surface area (Å²) in [6.07, 6.45) is 2.61. The summed E-state index contributed by atoms with van der Waals surface area (Å²) in [7, 11) is 1.77. The van der Waals surface area contributed by atoms with Crippen LogP contribution >= 0.6 is 0 Å². The number of nitrogens with one attached hydrogen (secondary N) is 4. The molecule has 6 nitrogen and oxygen atoms in total. The number of likely N-dealkylation sites (tertiary alicyclic amines) is 1. The summed E-state index contributed by atoms with van der Waals surface area (Å²) >= 11 is 0. The number of likely N-dealkylation sites (N-methyl/N-ethyl adjacent to an activating group) is 1. The van der Waals surface area contributed by atoms with Crippen molar-refractivity contribution in [3.8, 4) is 0 Å². The average Bonchev–Trinajstić information content (AvgIpc) is 3.16. The molecule has 0 bridgehead atoms. The summed E-state index contributed by atoms with van der Waals surface area (Å²) in [6.45, 7) is 3.78. The molecule has 1 aliphatic heterocycles. The standard InChI is InChI=1S/C22H27FN4O2/c1-26(16-22(29)25-20-6-4-5-18(23)13-20)15-21(28)24-19-9-7-17(8-10-19)14-27-11-2-3-12-27/h4-10,13H,2-3,11-12,14-16H2,1H3,(H,24,28)(H,25,29)/p+2. The van der Waals surface area contributed by atoms with Crippen LogP contribution in [0.4, 0.5) is 15.8 Å². The van der Waals surface area contributed by atoms with Gasteiger partial charge in [-0.25, -0.2) is 4.39 Å². The lowest BCUT2D eigenvalue weighted by molar-refractivity contribution is -0.901. The van der Waals surface area contributed by atoms with Crippen LogP contribution in [0.25, 0.3) is 0 Å². The lowest BCUT2D eigenvalue weighted by Gasteiger charge is -2.14. The molecule has 3 rings (SSSR count). The Kier molecular flexibility index (Phi) is 7.32.